The number of aliphatic hydroxyl groups is 1. The Morgan fingerprint density at radius 3 is 2.40 bits per heavy atom. The molecular formula is C23H34N4O8. The molecule has 7 N–H and O–H groups in total. The van der Waals surface area contributed by atoms with Gasteiger partial charge >= 0.3 is 5.97 Å². The minimum atomic E-state index is -1.46. The van der Waals surface area contributed by atoms with Crippen molar-refractivity contribution in [1.29, 1.82) is 0 Å². The monoisotopic (exact) mass is 494 g/mol. The maximum Gasteiger partial charge on any atom is 0.322 e. The molecule has 5 atom stereocenters. The topological polar surface area (TPSA) is 186 Å². The average molecular weight is 495 g/mol. The van der Waals surface area contributed by atoms with E-state index in [0.29, 0.717) is 0 Å². The van der Waals surface area contributed by atoms with E-state index in [1.54, 1.807) is 20.8 Å². The Morgan fingerprint density at radius 2 is 1.86 bits per heavy atom. The Kier molecular flexibility index (Phi) is 9.05. The molecule has 0 saturated carbocycles. The van der Waals surface area contributed by atoms with E-state index in [4.69, 9.17) is 9.84 Å². The quantitative estimate of drug-likeness (QED) is 0.271. The van der Waals surface area contributed by atoms with Crippen LogP contribution in [-0.2, 0) is 19.2 Å². The van der Waals surface area contributed by atoms with Gasteiger partial charge in [-0.25, -0.2) is 0 Å². The fourth-order valence-corrected chi connectivity index (χ4v) is 3.78. The predicted octanol–water partition coefficient (Wildman–Crippen LogP) is -0.599. The number of hydrogen-bond donors (Lipinski definition) is 7. The Bertz CT molecular complexity index is 969. The van der Waals surface area contributed by atoms with Gasteiger partial charge in [0.05, 0.1) is 0 Å². The summed E-state index contributed by atoms with van der Waals surface area (Å²) in [6.07, 6.45) is -1.20. The van der Waals surface area contributed by atoms with Gasteiger partial charge in [-0.05, 0) is 44.0 Å². The predicted molar refractivity (Wildman–Crippen MR) is 125 cm³/mol. The summed E-state index contributed by atoms with van der Waals surface area (Å²) in [5, 5.41) is 40.5. The highest BCUT2D eigenvalue weighted by Crippen LogP contribution is 2.35. The summed E-state index contributed by atoms with van der Waals surface area (Å²) in [4.78, 5) is 50.4. The molecule has 1 unspecified atom stereocenters. The molecule has 3 amide bonds. The second kappa shape index (κ2) is 11.4. The van der Waals surface area contributed by atoms with Crippen LogP contribution in [0.3, 0.4) is 0 Å². The molecule has 35 heavy (non-hydrogen) atoms. The molecule has 1 aromatic carbocycles. The van der Waals surface area contributed by atoms with Crippen LogP contribution in [0.4, 0.5) is 0 Å². The molecule has 194 valence electrons. The number of hydrogen-bond acceptors (Lipinski definition) is 8. The number of aliphatic carboxylic acids is 1. The molecule has 2 bridgehead atoms. The van der Waals surface area contributed by atoms with Crippen molar-refractivity contribution in [3.8, 4) is 11.5 Å². The normalized spacial score (nSPS) is 27.4. The number of aliphatic hydroxyl groups excluding tert-OH is 1. The number of carbonyl (C=O) groups excluding carboxylic acids is 3. The van der Waals surface area contributed by atoms with Crippen molar-refractivity contribution in [1.82, 2.24) is 21.3 Å². The number of phenols is 1. The molecule has 1 aromatic rings. The number of phenolic OH excluding ortho intramolecular Hbond substituents is 1. The molecule has 12 nitrogen and oxygen atoms in total. The van der Waals surface area contributed by atoms with Crippen LogP contribution in [0.15, 0.2) is 18.2 Å². The largest absolute Gasteiger partial charge is 0.504 e. The molecule has 0 spiro atoms. The zero-order valence-electron chi connectivity index (χ0n) is 20.4. The number of rotatable bonds is 6. The fourth-order valence-electron chi connectivity index (χ4n) is 3.78. The van der Waals surface area contributed by atoms with E-state index >= 15 is 0 Å². The lowest BCUT2D eigenvalue weighted by Crippen LogP contribution is -2.65. The van der Waals surface area contributed by atoms with E-state index in [0.717, 1.165) is 0 Å². The molecule has 0 fully saturated rings. The first kappa shape index (κ1) is 27.9. The summed E-state index contributed by atoms with van der Waals surface area (Å²) >= 11 is 0. The van der Waals surface area contributed by atoms with E-state index in [-0.39, 0.29) is 23.5 Å². The number of likely N-dealkylation sites (N-methyl/N-ethyl adjacent to an activating group) is 1. The standard InChI is InChI=1S/C23H34N4O8/c1-6-23(4)19(22(34)25-10-15(29)30)27-20(32)16(11(2)3)26-21(33)17(24-5)18(31)12-7-8-13(28)14(9-12)35-23/h7-9,11,16-19,24,28,31H,6,10H2,1-5H3,(H,25,34)(H,26,33)(H,27,32)(H,29,30)/t16-,17?,18+,19+,23+/m0/s1. The average Bonchev–Trinajstić information content (AvgIpc) is 2.80. The number of ether oxygens (including phenoxy) is 1. The lowest BCUT2D eigenvalue weighted by molar-refractivity contribution is -0.141. The van der Waals surface area contributed by atoms with Crippen molar-refractivity contribution in [2.75, 3.05) is 13.6 Å². The van der Waals surface area contributed by atoms with Gasteiger partial charge in [-0.1, -0.05) is 26.8 Å². The van der Waals surface area contributed by atoms with Gasteiger partial charge in [0.2, 0.25) is 17.7 Å². The van der Waals surface area contributed by atoms with E-state index in [9.17, 15) is 29.4 Å². The van der Waals surface area contributed by atoms with Gasteiger partial charge in [-0.3, -0.25) is 19.2 Å². The zero-order valence-corrected chi connectivity index (χ0v) is 20.4. The first-order chi connectivity index (χ1) is 16.3. The molecule has 2 rings (SSSR count). The summed E-state index contributed by atoms with van der Waals surface area (Å²) < 4.78 is 6.05. The molecule has 1 aliphatic rings. The number of carboxylic acids is 1. The second-order valence-corrected chi connectivity index (χ2v) is 8.99. The minimum Gasteiger partial charge on any atom is -0.504 e. The van der Waals surface area contributed by atoms with Crippen LogP contribution in [0.2, 0.25) is 0 Å². The molecule has 1 heterocycles. The lowest BCUT2D eigenvalue weighted by atomic mass is 9.91. The molecule has 0 aromatic heterocycles. The third-order valence-electron chi connectivity index (χ3n) is 6.10. The van der Waals surface area contributed by atoms with Gasteiger partial charge in [0.25, 0.3) is 0 Å². The highest BCUT2D eigenvalue weighted by molar-refractivity contribution is 5.94. The first-order valence-electron chi connectivity index (χ1n) is 11.3. The van der Waals surface area contributed by atoms with Crippen LogP contribution < -0.4 is 26.0 Å². The van der Waals surface area contributed by atoms with Crippen LogP contribution in [0.25, 0.3) is 0 Å². The number of carboxylic acid groups (broad SMARTS) is 1. The van der Waals surface area contributed by atoms with E-state index in [1.165, 1.54) is 32.2 Å². The van der Waals surface area contributed by atoms with Crippen LogP contribution in [0.5, 0.6) is 11.5 Å². The maximum atomic E-state index is 13.3. The van der Waals surface area contributed by atoms with Gasteiger partial charge in [-0.2, -0.15) is 0 Å². The molecule has 0 radical (unpaired) electrons. The van der Waals surface area contributed by atoms with Gasteiger partial charge in [0.15, 0.2) is 11.5 Å². The summed E-state index contributed by atoms with van der Waals surface area (Å²) in [5.74, 6) is -4.25. The van der Waals surface area contributed by atoms with E-state index in [1.807, 2.05) is 0 Å². The van der Waals surface area contributed by atoms with Crippen molar-refractivity contribution in [2.45, 2.75) is 63.9 Å². The van der Waals surface area contributed by atoms with Gasteiger partial charge in [0, 0.05) is 0 Å². The Morgan fingerprint density at radius 1 is 1.20 bits per heavy atom. The van der Waals surface area contributed by atoms with Crippen LogP contribution >= 0.6 is 0 Å². The lowest BCUT2D eigenvalue weighted by Gasteiger charge is -2.37. The summed E-state index contributed by atoms with van der Waals surface area (Å²) in [7, 11) is 1.48. The van der Waals surface area contributed by atoms with Crippen molar-refractivity contribution in [3.05, 3.63) is 23.8 Å². The van der Waals surface area contributed by atoms with Crippen molar-refractivity contribution < 1.29 is 39.2 Å². The Balaban J connectivity index is 2.67. The Labute approximate surface area is 203 Å². The van der Waals surface area contributed by atoms with Gasteiger partial charge < -0.3 is 41.3 Å². The highest BCUT2D eigenvalue weighted by Gasteiger charge is 2.44. The van der Waals surface area contributed by atoms with E-state index in [2.05, 4.69) is 21.3 Å². The number of fused-ring (bicyclic) bond motifs is 2. The van der Waals surface area contributed by atoms with Gasteiger partial charge in [-0.15, -0.1) is 0 Å². The summed E-state index contributed by atoms with van der Waals surface area (Å²) in [5.41, 5.74) is -1.21. The molecular weight excluding hydrogens is 460 g/mol. The number of nitrogens with one attached hydrogen (secondary N) is 4. The summed E-state index contributed by atoms with van der Waals surface area (Å²) in [6.45, 7) is 5.93. The fraction of sp³-hybridized carbons (Fsp3) is 0.565. The van der Waals surface area contributed by atoms with Crippen LogP contribution in [0, 0.1) is 5.92 Å². The molecule has 1 aliphatic heterocycles. The molecule has 0 saturated heterocycles. The number of carbonyl (C=O) groups is 4. The van der Waals surface area contributed by atoms with Gasteiger partial charge in [0.1, 0.15) is 36.4 Å². The molecule has 12 heteroatoms. The molecule has 0 aliphatic carbocycles. The third-order valence-corrected chi connectivity index (χ3v) is 6.10. The Hall–Kier alpha value is -3.38. The smallest absolute Gasteiger partial charge is 0.322 e. The third kappa shape index (κ3) is 6.40. The number of benzene rings is 1. The van der Waals surface area contributed by atoms with Crippen molar-refractivity contribution in [3.63, 3.8) is 0 Å². The summed E-state index contributed by atoms with van der Waals surface area (Å²) in [6, 6.07) is 0.425. The maximum absolute atomic E-state index is 13.3. The van der Waals surface area contributed by atoms with Crippen LogP contribution in [0.1, 0.15) is 45.8 Å². The zero-order chi connectivity index (χ0) is 26.5. The SMILES string of the molecule is CC[C@@]1(C)Oc2cc(ccc2O)[C@@H](O)C(NC)C(=O)N[C@@H](C(C)C)C(=O)N[C@@H]1C(=O)NCC(=O)O. The highest BCUT2D eigenvalue weighted by atomic mass is 16.5. The number of aromatic hydroxyl groups is 1. The second-order valence-electron chi connectivity index (χ2n) is 8.99. The van der Waals surface area contributed by atoms with E-state index < -0.39 is 66.0 Å². The number of amides is 3. The minimum absolute atomic E-state index is 0.0916. The first-order valence-corrected chi connectivity index (χ1v) is 11.3. The van der Waals surface area contributed by atoms with Crippen molar-refractivity contribution in [2.24, 2.45) is 5.92 Å². The van der Waals surface area contributed by atoms with Crippen LogP contribution in [-0.4, -0.2) is 76.3 Å². The van der Waals surface area contributed by atoms with Crippen molar-refractivity contribution >= 4 is 23.7 Å².